The quantitative estimate of drug-likeness (QED) is 0.768. The molecule has 0 spiro atoms. The van der Waals surface area contributed by atoms with Crippen molar-refractivity contribution in [3.8, 4) is 0 Å². The van der Waals surface area contributed by atoms with E-state index in [1.54, 1.807) is 12.1 Å². The van der Waals surface area contributed by atoms with Crippen molar-refractivity contribution in [1.29, 1.82) is 0 Å². The summed E-state index contributed by atoms with van der Waals surface area (Å²) in [6.07, 6.45) is 0.622. The molecule has 0 heterocycles. The lowest BCUT2D eigenvalue weighted by Gasteiger charge is -2.18. The zero-order valence-electron chi connectivity index (χ0n) is 9.86. The average molecular weight is 401 g/mol. The fraction of sp³-hybridized carbons (Fsp3) is 0.400. The van der Waals surface area contributed by atoms with E-state index in [0.717, 1.165) is 4.47 Å². The molecule has 0 atom stereocenters. The minimum absolute atomic E-state index is 0.386. The molecule has 5 nitrogen and oxygen atoms in total. The van der Waals surface area contributed by atoms with Gasteiger partial charge in [-0.15, -0.1) is 0 Å². The highest BCUT2D eigenvalue weighted by Crippen LogP contribution is 2.27. The van der Waals surface area contributed by atoms with Crippen molar-refractivity contribution in [3.05, 3.63) is 27.1 Å². The largest absolute Gasteiger partial charge is 0.330 e. The molecule has 1 aromatic rings. The van der Waals surface area contributed by atoms with Crippen LogP contribution in [0.5, 0.6) is 0 Å². The lowest BCUT2D eigenvalue weighted by molar-refractivity contribution is 0.468. The van der Waals surface area contributed by atoms with Crippen LogP contribution < -0.4 is 10.5 Å². The van der Waals surface area contributed by atoms with Crippen molar-refractivity contribution in [1.82, 2.24) is 4.31 Å². The van der Waals surface area contributed by atoms with Gasteiger partial charge < -0.3 is 5.73 Å². The predicted molar refractivity (Wildman–Crippen MR) is 80.7 cm³/mol. The minimum Gasteiger partial charge on any atom is -0.330 e. The van der Waals surface area contributed by atoms with Gasteiger partial charge in [0.2, 0.25) is 0 Å². The van der Waals surface area contributed by atoms with Crippen molar-refractivity contribution in [2.45, 2.75) is 6.42 Å². The predicted octanol–water partition coefficient (Wildman–Crippen LogP) is 2.15. The summed E-state index contributed by atoms with van der Waals surface area (Å²) >= 11 is 6.60. The summed E-state index contributed by atoms with van der Waals surface area (Å²) in [5.74, 6) is 0. The van der Waals surface area contributed by atoms with Gasteiger partial charge in [0, 0.05) is 22.5 Å². The first-order valence-corrected chi connectivity index (χ1v) is 8.28. The van der Waals surface area contributed by atoms with Crippen molar-refractivity contribution in [3.63, 3.8) is 0 Å². The number of nitrogens with one attached hydrogen (secondary N) is 1. The molecule has 0 bridgehead atoms. The molecule has 1 aromatic carbocycles. The Morgan fingerprint density at radius 3 is 2.67 bits per heavy atom. The summed E-state index contributed by atoms with van der Waals surface area (Å²) < 4.78 is 29.3. The van der Waals surface area contributed by atoms with Crippen LogP contribution in [0.25, 0.3) is 0 Å². The van der Waals surface area contributed by atoms with Gasteiger partial charge in [0.25, 0.3) is 0 Å². The Hall–Kier alpha value is -0.150. The van der Waals surface area contributed by atoms with Crippen molar-refractivity contribution in [2.24, 2.45) is 5.73 Å². The number of nitrogens with two attached hydrogens (primary N) is 1. The third kappa shape index (κ3) is 4.51. The molecule has 0 aliphatic heterocycles. The van der Waals surface area contributed by atoms with Crippen LogP contribution in [-0.2, 0) is 10.2 Å². The van der Waals surface area contributed by atoms with Crippen LogP contribution in [-0.4, -0.2) is 32.9 Å². The molecule has 0 amide bonds. The van der Waals surface area contributed by atoms with Gasteiger partial charge in [-0.05, 0) is 47.1 Å². The average Bonchev–Trinajstić information content (AvgIpc) is 2.30. The highest BCUT2D eigenvalue weighted by atomic mass is 79.9. The molecule has 102 valence electrons. The van der Waals surface area contributed by atoms with E-state index in [1.807, 2.05) is 6.07 Å². The van der Waals surface area contributed by atoms with Crippen LogP contribution in [0.15, 0.2) is 27.1 Å². The first-order valence-electron chi connectivity index (χ1n) is 5.26. The summed E-state index contributed by atoms with van der Waals surface area (Å²) in [6.45, 7) is 0.845. The summed E-state index contributed by atoms with van der Waals surface area (Å²) in [6, 6.07) is 5.28. The molecule has 0 aliphatic carbocycles. The fourth-order valence-corrected chi connectivity index (χ4v) is 3.04. The third-order valence-electron chi connectivity index (χ3n) is 2.25. The molecular formula is C10H15Br2N3O2S. The first kappa shape index (κ1) is 15.9. The van der Waals surface area contributed by atoms with E-state index in [1.165, 1.54) is 11.4 Å². The Kier molecular flexibility index (Phi) is 6.06. The van der Waals surface area contributed by atoms with Crippen LogP contribution in [0.2, 0.25) is 0 Å². The van der Waals surface area contributed by atoms with Gasteiger partial charge in [0.05, 0.1) is 5.69 Å². The van der Waals surface area contributed by atoms with E-state index in [0.29, 0.717) is 29.7 Å². The van der Waals surface area contributed by atoms with Gasteiger partial charge in [-0.3, -0.25) is 4.72 Å². The van der Waals surface area contributed by atoms with E-state index < -0.39 is 10.2 Å². The van der Waals surface area contributed by atoms with E-state index in [-0.39, 0.29) is 0 Å². The van der Waals surface area contributed by atoms with E-state index in [4.69, 9.17) is 5.73 Å². The summed E-state index contributed by atoms with van der Waals surface area (Å²) in [4.78, 5) is 0. The zero-order chi connectivity index (χ0) is 13.8. The van der Waals surface area contributed by atoms with E-state index in [2.05, 4.69) is 36.6 Å². The fourth-order valence-electron chi connectivity index (χ4n) is 1.23. The molecular weight excluding hydrogens is 386 g/mol. The highest BCUT2D eigenvalue weighted by Gasteiger charge is 2.18. The van der Waals surface area contributed by atoms with Gasteiger partial charge in [-0.2, -0.15) is 12.7 Å². The van der Waals surface area contributed by atoms with Crippen LogP contribution >= 0.6 is 31.9 Å². The molecule has 0 saturated heterocycles. The van der Waals surface area contributed by atoms with E-state index >= 15 is 0 Å². The number of hydrogen-bond acceptors (Lipinski definition) is 3. The number of benzene rings is 1. The number of anilines is 1. The smallest absolute Gasteiger partial charge is 0.301 e. The monoisotopic (exact) mass is 399 g/mol. The third-order valence-corrected chi connectivity index (χ3v) is 4.92. The van der Waals surface area contributed by atoms with Crippen molar-refractivity contribution >= 4 is 47.8 Å². The molecule has 0 saturated carbocycles. The van der Waals surface area contributed by atoms with Crippen molar-refractivity contribution < 1.29 is 8.42 Å². The molecule has 0 unspecified atom stereocenters. The van der Waals surface area contributed by atoms with Gasteiger partial charge in [0.1, 0.15) is 0 Å². The molecule has 18 heavy (non-hydrogen) atoms. The van der Waals surface area contributed by atoms with Gasteiger partial charge >= 0.3 is 10.2 Å². The van der Waals surface area contributed by atoms with Gasteiger partial charge in [-0.25, -0.2) is 0 Å². The van der Waals surface area contributed by atoms with Crippen molar-refractivity contribution in [2.75, 3.05) is 24.9 Å². The lowest BCUT2D eigenvalue weighted by atomic mass is 10.3. The Morgan fingerprint density at radius 2 is 2.06 bits per heavy atom. The Balaban J connectivity index is 2.85. The molecule has 0 radical (unpaired) electrons. The van der Waals surface area contributed by atoms with Crippen LogP contribution in [0.4, 0.5) is 5.69 Å². The Morgan fingerprint density at radius 1 is 1.39 bits per heavy atom. The van der Waals surface area contributed by atoms with Gasteiger partial charge in [0.15, 0.2) is 0 Å². The summed E-state index contributed by atoms with van der Waals surface area (Å²) in [7, 11) is -2.03. The summed E-state index contributed by atoms with van der Waals surface area (Å²) in [5, 5.41) is 0. The number of halogens is 2. The molecule has 0 fully saturated rings. The van der Waals surface area contributed by atoms with Crippen LogP contribution in [0, 0.1) is 0 Å². The molecule has 8 heteroatoms. The minimum atomic E-state index is -3.55. The van der Waals surface area contributed by atoms with E-state index in [9.17, 15) is 8.42 Å². The maximum atomic E-state index is 12.0. The molecule has 1 rings (SSSR count). The first-order chi connectivity index (χ1) is 8.36. The topological polar surface area (TPSA) is 75.4 Å². The summed E-state index contributed by atoms with van der Waals surface area (Å²) in [5.41, 5.74) is 5.85. The zero-order valence-corrected chi connectivity index (χ0v) is 13.8. The molecule has 0 aromatic heterocycles. The highest BCUT2D eigenvalue weighted by molar-refractivity contribution is 9.11. The second kappa shape index (κ2) is 6.85. The maximum Gasteiger partial charge on any atom is 0.301 e. The second-order valence-electron chi connectivity index (χ2n) is 3.70. The lowest BCUT2D eigenvalue weighted by Crippen LogP contribution is -2.34. The maximum absolute atomic E-state index is 12.0. The normalized spacial score (nSPS) is 11.8. The van der Waals surface area contributed by atoms with Gasteiger partial charge in [-0.1, -0.05) is 15.9 Å². The standard InChI is InChI=1S/C10H15Br2N3O2S/c1-15(6-2-5-13)18(16,17)14-10-7-8(11)3-4-9(10)12/h3-4,7,14H,2,5-6,13H2,1H3. The SMILES string of the molecule is CN(CCCN)S(=O)(=O)Nc1cc(Br)ccc1Br. The number of nitrogens with zero attached hydrogens (tertiary/aromatic N) is 1. The molecule has 3 N–H and O–H groups in total. The van der Waals surface area contributed by atoms with Crippen LogP contribution in [0.3, 0.4) is 0 Å². The number of hydrogen-bond donors (Lipinski definition) is 2. The second-order valence-corrected chi connectivity index (χ2v) is 7.24. The van der Waals surface area contributed by atoms with Crippen LogP contribution in [0.1, 0.15) is 6.42 Å². The number of rotatable bonds is 6. The Labute approximate surface area is 124 Å². The molecule has 0 aliphatic rings. The Bertz CT molecular complexity index is 508.